The number of aryl methyl sites for hydroxylation is 2. The number of nitrogens with one attached hydrogen (secondary N) is 1. The fourth-order valence-electron chi connectivity index (χ4n) is 2.20. The molecule has 0 atom stereocenters. The average molecular weight is 310 g/mol. The molecule has 2 heterocycles. The Balaban J connectivity index is 1.97. The van der Waals surface area contributed by atoms with E-state index >= 15 is 0 Å². The number of rotatable bonds is 7. The molecule has 2 aromatic heterocycles. The van der Waals surface area contributed by atoms with Gasteiger partial charge < -0.3 is 15.8 Å². The summed E-state index contributed by atoms with van der Waals surface area (Å²) in [6.45, 7) is 6.00. The van der Waals surface area contributed by atoms with E-state index in [1.54, 1.807) is 4.68 Å². The van der Waals surface area contributed by atoms with E-state index < -0.39 is 0 Å². The van der Waals surface area contributed by atoms with Crippen molar-refractivity contribution in [2.24, 2.45) is 7.05 Å². The molecule has 0 radical (unpaired) electrons. The summed E-state index contributed by atoms with van der Waals surface area (Å²) in [6, 6.07) is 0. The largest absolute Gasteiger partial charge is 0.397 e. The van der Waals surface area contributed by atoms with Crippen LogP contribution in [0.25, 0.3) is 10.2 Å². The third-order valence-corrected chi connectivity index (χ3v) is 4.46. The van der Waals surface area contributed by atoms with Crippen LogP contribution in [0.15, 0.2) is 0 Å². The van der Waals surface area contributed by atoms with Crippen LogP contribution in [-0.4, -0.2) is 35.4 Å². The number of nitrogens with two attached hydrogens (primary N) is 1. The van der Waals surface area contributed by atoms with Crippen LogP contribution in [0.4, 0.5) is 5.69 Å². The Morgan fingerprint density at radius 3 is 2.90 bits per heavy atom. The summed E-state index contributed by atoms with van der Waals surface area (Å²) in [7, 11) is 1.86. The molecule has 3 N–H and O–H groups in total. The molecular formula is C14H22N4O2S. The van der Waals surface area contributed by atoms with E-state index in [9.17, 15) is 4.79 Å². The summed E-state index contributed by atoms with van der Waals surface area (Å²) in [4.78, 5) is 13.7. The summed E-state index contributed by atoms with van der Waals surface area (Å²) in [5.74, 6) is -0.122. The van der Waals surface area contributed by atoms with Crippen molar-refractivity contribution in [3.05, 3.63) is 10.6 Å². The van der Waals surface area contributed by atoms with Gasteiger partial charge in [-0.05, 0) is 19.8 Å². The number of carbonyl (C=O) groups is 1. The molecule has 0 bridgehead atoms. The molecular weight excluding hydrogens is 288 g/mol. The van der Waals surface area contributed by atoms with Crippen LogP contribution in [-0.2, 0) is 11.8 Å². The molecule has 2 aromatic rings. The van der Waals surface area contributed by atoms with Crippen LogP contribution in [0.1, 0.15) is 35.1 Å². The number of aromatic nitrogens is 2. The third-order valence-electron chi connectivity index (χ3n) is 3.19. The Morgan fingerprint density at radius 1 is 1.48 bits per heavy atom. The zero-order valence-electron chi connectivity index (χ0n) is 12.7. The first-order valence-electron chi connectivity index (χ1n) is 7.13. The van der Waals surface area contributed by atoms with Crippen LogP contribution >= 0.6 is 11.3 Å². The van der Waals surface area contributed by atoms with Crippen molar-refractivity contribution in [1.82, 2.24) is 15.1 Å². The highest BCUT2D eigenvalue weighted by Gasteiger charge is 2.20. The number of hydrogen-bond acceptors (Lipinski definition) is 5. The molecule has 21 heavy (non-hydrogen) atoms. The van der Waals surface area contributed by atoms with Gasteiger partial charge in [0, 0.05) is 26.8 Å². The number of nitrogens with zero attached hydrogens (tertiary/aromatic N) is 2. The van der Waals surface area contributed by atoms with Crippen LogP contribution in [0.2, 0.25) is 0 Å². The van der Waals surface area contributed by atoms with Crippen LogP contribution in [0.3, 0.4) is 0 Å². The molecule has 7 heteroatoms. The van der Waals surface area contributed by atoms with Gasteiger partial charge in [-0.1, -0.05) is 6.92 Å². The zero-order chi connectivity index (χ0) is 15.4. The molecule has 0 aromatic carbocycles. The SMILES string of the molecule is CCCOCCCNC(=O)c1sc2c(c(C)nn2C)c1N. The quantitative estimate of drug-likeness (QED) is 0.767. The highest BCUT2D eigenvalue weighted by molar-refractivity contribution is 7.21. The van der Waals surface area contributed by atoms with Gasteiger partial charge in [-0.25, -0.2) is 0 Å². The molecule has 0 aliphatic carbocycles. The fourth-order valence-corrected chi connectivity index (χ4v) is 3.30. The second-order valence-electron chi connectivity index (χ2n) is 4.96. The minimum Gasteiger partial charge on any atom is -0.397 e. The highest BCUT2D eigenvalue weighted by atomic mass is 32.1. The molecule has 0 aliphatic rings. The molecule has 1 amide bonds. The number of ether oxygens (including phenoxy) is 1. The Labute approximate surface area is 128 Å². The number of hydrogen-bond donors (Lipinski definition) is 2. The first kappa shape index (κ1) is 15.8. The van der Waals surface area contributed by atoms with Gasteiger partial charge in [0.1, 0.15) is 9.71 Å². The van der Waals surface area contributed by atoms with Gasteiger partial charge in [-0.15, -0.1) is 11.3 Å². The van der Waals surface area contributed by atoms with Gasteiger partial charge in [0.2, 0.25) is 0 Å². The molecule has 0 saturated heterocycles. The van der Waals surface area contributed by atoms with Crippen LogP contribution in [0, 0.1) is 6.92 Å². The number of amides is 1. The second-order valence-corrected chi connectivity index (χ2v) is 5.95. The Hall–Kier alpha value is -1.60. The standard InChI is InChI=1S/C14H22N4O2S/c1-4-7-20-8-5-6-16-13(19)12-11(15)10-9(2)17-18(3)14(10)21-12/h4-8,15H2,1-3H3,(H,16,19). The number of fused-ring (bicyclic) bond motifs is 1. The summed E-state index contributed by atoms with van der Waals surface area (Å²) in [6.07, 6.45) is 1.81. The molecule has 6 nitrogen and oxygen atoms in total. The molecule has 0 saturated carbocycles. The maximum absolute atomic E-state index is 12.2. The predicted octanol–water partition coefficient (Wildman–Crippen LogP) is 2.07. The predicted molar refractivity (Wildman–Crippen MR) is 85.8 cm³/mol. The molecule has 0 unspecified atom stereocenters. The minimum absolute atomic E-state index is 0.122. The number of nitrogen functional groups attached to an aromatic ring is 1. The maximum atomic E-state index is 12.2. The van der Waals surface area contributed by atoms with Crippen molar-refractivity contribution in [3.63, 3.8) is 0 Å². The molecule has 0 aliphatic heterocycles. The van der Waals surface area contributed by atoms with Crippen molar-refractivity contribution in [2.45, 2.75) is 26.7 Å². The van der Waals surface area contributed by atoms with Gasteiger partial charge in [-0.3, -0.25) is 9.48 Å². The van der Waals surface area contributed by atoms with Gasteiger partial charge in [-0.2, -0.15) is 5.10 Å². The van der Waals surface area contributed by atoms with E-state index in [4.69, 9.17) is 10.5 Å². The number of thiophene rings is 1. The van der Waals surface area contributed by atoms with Gasteiger partial charge in [0.25, 0.3) is 5.91 Å². The van der Waals surface area contributed by atoms with Crippen molar-refractivity contribution < 1.29 is 9.53 Å². The van der Waals surface area contributed by atoms with Crippen molar-refractivity contribution >= 4 is 33.1 Å². The van der Waals surface area contributed by atoms with Gasteiger partial charge in [0.05, 0.1) is 16.8 Å². The Morgan fingerprint density at radius 2 is 2.24 bits per heavy atom. The summed E-state index contributed by atoms with van der Waals surface area (Å²) < 4.78 is 7.14. The van der Waals surface area contributed by atoms with Crippen molar-refractivity contribution in [3.8, 4) is 0 Å². The lowest BCUT2D eigenvalue weighted by Crippen LogP contribution is -2.25. The molecule has 116 valence electrons. The van der Waals surface area contributed by atoms with Crippen molar-refractivity contribution in [2.75, 3.05) is 25.5 Å². The Bertz CT molecular complexity index is 632. The fraction of sp³-hybridized carbons (Fsp3) is 0.571. The third kappa shape index (κ3) is 3.36. The lowest BCUT2D eigenvalue weighted by atomic mass is 10.2. The van der Waals surface area contributed by atoms with E-state index in [0.29, 0.717) is 23.7 Å². The van der Waals surface area contributed by atoms with E-state index in [2.05, 4.69) is 17.3 Å². The zero-order valence-corrected chi connectivity index (χ0v) is 13.5. The number of carbonyl (C=O) groups excluding carboxylic acids is 1. The second kappa shape index (κ2) is 6.91. The molecule has 0 fully saturated rings. The van der Waals surface area contributed by atoms with E-state index in [1.165, 1.54) is 11.3 Å². The first-order chi connectivity index (χ1) is 10.1. The first-order valence-corrected chi connectivity index (χ1v) is 7.95. The molecule has 0 spiro atoms. The minimum atomic E-state index is -0.122. The van der Waals surface area contributed by atoms with E-state index in [0.717, 1.165) is 35.4 Å². The lowest BCUT2D eigenvalue weighted by molar-refractivity contribution is 0.0946. The van der Waals surface area contributed by atoms with Gasteiger partial charge in [0.15, 0.2) is 0 Å². The Kier molecular flexibility index (Phi) is 5.19. The van der Waals surface area contributed by atoms with Crippen molar-refractivity contribution in [1.29, 1.82) is 0 Å². The molecule has 2 rings (SSSR count). The topological polar surface area (TPSA) is 82.2 Å². The summed E-state index contributed by atoms with van der Waals surface area (Å²) in [5, 5.41) is 8.09. The van der Waals surface area contributed by atoms with Crippen LogP contribution in [0.5, 0.6) is 0 Å². The summed E-state index contributed by atoms with van der Waals surface area (Å²) >= 11 is 1.38. The maximum Gasteiger partial charge on any atom is 0.263 e. The summed E-state index contributed by atoms with van der Waals surface area (Å²) in [5.41, 5.74) is 7.48. The van der Waals surface area contributed by atoms with E-state index in [-0.39, 0.29) is 5.91 Å². The smallest absolute Gasteiger partial charge is 0.263 e. The average Bonchev–Trinajstić information content (AvgIpc) is 2.93. The highest BCUT2D eigenvalue weighted by Crippen LogP contribution is 2.35. The van der Waals surface area contributed by atoms with Crippen LogP contribution < -0.4 is 11.1 Å². The monoisotopic (exact) mass is 310 g/mol. The lowest BCUT2D eigenvalue weighted by Gasteiger charge is -2.05. The van der Waals surface area contributed by atoms with E-state index in [1.807, 2.05) is 14.0 Å². The normalized spacial score (nSPS) is 11.2. The number of anilines is 1. The van der Waals surface area contributed by atoms with Gasteiger partial charge >= 0.3 is 0 Å².